The third kappa shape index (κ3) is 2.10. The number of rotatable bonds is 2. The Kier molecular flexibility index (Phi) is 3.24. The van der Waals surface area contributed by atoms with Gasteiger partial charge >= 0.3 is 0 Å². The zero-order valence-corrected chi connectivity index (χ0v) is 10.8. The van der Waals surface area contributed by atoms with Gasteiger partial charge < -0.3 is 4.90 Å². The summed E-state index contributed by atoms with van der Waals surface area (Å²) in [5.41, 5.74) is 0.551. The first-order valence-corrected chi connectivity index (χ1v) is 6.56. The predicted molar refractivity (Wildman–Crippen MR) is 65.2 cm³/mol. The summed E-state index contributed by atoms with van der Waals surface area (Å²) in [6.45, 7) is 10.7. The Morgan fingerprint density at radius 3 is 2.31 bits per heavy atom. The molecule has 0 aromatic carbocycles. The smallest absolute Gasteiger partial charge is 0.219 e. The Balaban J connectivity index is 1.81. The largest absolute Gasteiger partial charge is 0.343 e. The number of nitrogens with zero attached hydrogens (tertiary/aromatic N) is 2. The van der Waals surface area contributed by atoms with Gasteiger partial charge in [-0.1, -0.05) is 6.92 Å². The second-order valence-corrected chi connectivity index (χ2v) is 5.67. The fourth-order valence-corrected chi connectivity index (χ4v) is 3.00. The van der Waals surface area contributed by atoms with E-state index in [2.05, 4.69) is 18.7 Å². The van der Waals surface area contributed by atoms with Crippen LogP contribution in [0.5, 0.6) is 0 Å². The number of likely N-dealkylation sites (tertiary alicyclic amines) is 2. The van der Waals surface area contributed by atoms with Gasteiger partial charge in [-0.05, 0) is 31.6 Å². The Bertz CT molecular complexity index is 261. The van der Waals surface area contributed by atoms with Crippen LogP contribution in [0.2, 0.25) is 0 Å². The minimum atomic E-state index is 0.243. The lowest BCUT2D eigenvalue weighted by atomic mass is 9.71. The van der Waals surface area contributed by atoms with Crippen molar-refractivity contribution in [2.75, 3.05) is 26.2 Å². The van der Waals surface area contributed by atoms with Gasteiger partial charge in [0.2, 0.25) is 5.91 Å². The van der Waals surface area contributed by atoms with Crippen LogP contribution in [0, 0.1) is 5.41 Å². The molecule has 16 heavy (non-hydrogen) atoms. The fraction of sp³-hybridized carbons (Fsp3) is 0.923. The van der Waals surface area contributed by atoms with Crippen LogP contribution in [-0.2, 0) is 4.79 Å². The number of piperidine rings is 1. The highest BCUT2D eigenvalue weighted by atomic mass is 16.2. The molecule has 2 fully saturated rings. The summed E-state index contributed by atoms with van der Waals surface area (Å²) in [6, 6.07) is 0.733. The number of hydrogen-bond acceptors (Lipinski definition) is 2. The molecule has 2 rings (SSSR count). The predicted octanol–water partition coefficient (Wildman–Crippen LogP) is 1.73. The lowest BCUT2D eigenvalue weighted by Gasteiger charge is -2.56. The van der Waals surface area contributed by atoms with E-state index in [1.54, 1.807) is 6.92 Å². The average molecular weight is 224 g/mol. The molecule has 1 spiro atoms. The molecule has 0 aromatic rings. The van der Waals surface area contributed by atoms with Gasteiger partial charge in [-0.25, -0.2) is 0 Å². The molecule has 2 aliphatic rings. The molecule has 2 heterocycles. The molecule has 0 N–H and O–H groups in total. The van der Waals surface area contributed by atoms with Crippen molar-refractivity contribution in [3.63, 3.8) is 0 Å². The Morgan fingerprint density at radius 2 is 1.88 bits per heavy atom. The van der Waals surface area contributed by atoms with Crippen molar-refractivity contribution in [1.82, 2.24) is 9.80 Å². The minimum absolute atomic E-state index is 0.243. The van der Waals surface area contributed by atoms with E-state index in [4.69, 9.17) is 0 Å². The summed E-state index contributed by atoms with van der Waals surface area (Å²) in [7, 11) is 0. The van der Waals surface area contributed by atoms with E-state index in [1.165, 1.54) is 32.4 Å². The summed E-state index contributed by atoms with van der Waals surface area (Å²) in [4.78, 5) is 15.8. The summed E-state index contributed by atoms with van der Waals surface area (Å²) in [5, 5.41) is 0. The fourth-order valence-electron chi connectivity index (χ4n) is 3.00. The molecule has 92 valence electrons. The standard InChI is InChI=1S/C13H24N2O/c1-4-11(2)15-9-13(10-15)5-7-14(8-6-13)12(3)16/h11H,4-10H2,1-3H3. The van der Waals surface area contributed by atoms with Crippen LogP contribution in [0.25, 0.3) is 0 Å². The van der Waals surface area contributed by atoms with Crippen molar-refractivity contribution >= 4 is 5.91 Å². The van der Waals surface area contributed by atoms with E-state index in [-0.39, 0.29) is 5.91 Å². The number of amides is 1. The highest BCUT2D eigenvalue weighted by Crippen LogP contribution is 2.41. The van der Waals surface area contributed by atoms with E-state index in [1.807, 2.05) is 4.90 Å². The van der Waals surface area contributed by atoms with Gasteiger partial charge in [-0.3, -0.25) is 9.69 Å². The van der Waals surface area contributed by atoms with Crippen LogP contribution in [0.3, 0.4) is 0 Å². The normalized spacial score (nSPS) is 26.6. The maximum absolute atomic E-state index is 11.3. The third-order valence-electron chi connectivity index (χ3n) is 4.56. The van der Waals surface area contributed by atoms with Crippen molar-refractivity contribution in [1.29, 1.82) is 0 Å². The maximum atomic E-state index is 11.3. The molecule has 0 saturated carbocycles. The Morgan fingerprint density at radius 1 is 1.31 bits per heavy atom. The van der Waals surface area contributed by atoms with Crippen LogP contribution >= 0.6 is 0 Å². The van der Waals surface area contributed by atoms with Crippen LogP contribution in [0.1, 0.15) is 40.0 Å². The molecule has 0 bridgehead atoms. The van der Waals surface area contributed by atoms with E-state index in [0.29, 0.717) is 5.41 Å². The topological polar surface area (TPSA) is 23.6 Å². The van der Waals surface area contributed by atoms with Crippen LogP contribution in [0.15, 0.2) is 0 Å². The zero-order valence-electron chi connectivity index (χ0n) is 10.8. The van der Waals surface area contributed by atoms with Gasteiger partial charge in [-0.2, -0.15) is 0 Å². The molecular weight excluding hydrogens is 200 g/mol. The van der Waals surface area contributed by atoms with Gasteiger partial charge in [0.15, 0.2) is 0 Å². The summed E-state index contributed by atoms with van der Waals surface area (Å²) in [6.07, 6.45) is 3.66. The molecule has 0 aromatic heterocycles. The zero-order chi connectivity index (χ0) is 11.8. The van der Waals surface area contributed by atoms with E-state index < -0.39 is 0 Å². The molecule has 3 heteroatoms. The van der Waals surface area contributed by atoms with Gasteiger partial charge in [0.1, 0.15) is 0 Å². The molecule has 1 unspecified atom stereocenters. The molecular formula is C13H24N2O. The minimum Gasteiger partial charge on any atom is -0.343 e. The highest BCUT2D eigenvalue weighted by molar-refractivity contribution is 5.73. The molecule has 3 nitrogen and oxygen atoms in total. The summed E-state index contributed by atoms with van der Waals surface area (Å²) in [5.74, 6) is 0.243. The van der Waals surface area contributed by atoms with Crippen LogP contribution in [-0.4, -0.2) is 47.9 Å². The third-order valence-corrected chi connectivity index (χ3v) is 4.56. The molecule has 0 aliphatic carbocycles. The summed E-state index contributed by atoms with van der Waals surface area (Å²) >= 11 is 0. The molecule has 1 atom stereocenters. The molecule has 2 aliphatic heterocycles. The van der Waals surface area contributed by atoms with Gasteiger partial charge in [0.25, 0.3) is 0 Å². The van der Waals surface area contributed by atoms with Gasteiger partial charge in [0, 0.05) is 39.1 Å². The van der Waals surface area contributed by atoms with Gasteiger partial charge in [0.05, 0.1) is 0 Å². The number of hydrogen-bond donors (Lipinski definition) is 0. The first-order chi connectivity index (χ1) is 7.56. The first kappa shape index (κ1) is 11.9. The first-order valence-electron chi connectivity index (χ1n) is 6.56. The second-order valence-electron chi connectivity index (χ2n) is 5.67. The Hall–Kier alpha value is -0.570. The van der Waals surface area contributed by atoms with E-state index in [0.717, 1.165) is 19.1 Å². The lowest BCUT2D eigenvalue weighted by molar-refractivity contribution is -0.134. The Labute approximate surface area is 98.8 Å². The lowest BCUT2D eigenvalue weighted by Crippen LogP contribution is -2.62. The van der Waals surface area contributed by atoms with Crippen molar-refractivity contribution in [2.24, 2.45) is 5.41 Å². The summed E-state index contributed by atoms with van der Waals surface area (Å²) < 4.78 is 0. The average Bonchev–Trinajstić information content (AvgIpc) is 2.25. The second kappa shape index (κ2) is 4.36. The monoisotopic (exact) mass is 224 g/mol. The van der Waals surface area contributed by atoms with Crippen molar-refractivity contribution in [3.8, 4) is 0 Å². The maximum Gasteiger partial charge on any atom is 0.219 e. The SMILES string of the molecule is CCC(C)N1CC2(CCN(C(C)=O)CC2)C1. The highest BCUT2D eigenvalue weighted by Gasteiger charge is 2.45. The van der Waals surface area contributed by atoms with E-state index in [9.17, 15) is 4.79 Å². The van der Waals surface area contributed by atoms with Crippen molar-refractivity contribution in [2.45, 2.75) is 46.1 Å². The van der Waals surface area contributed by atoms with Gasteiger partial charge in [-0.15, -0.1) is 0 Å². The number of carbonyl (C=O) groups is 1. The van der Waals surface area contributed by atoms with Crippen LogP contribution < -0.4 is 0 Å². The molecule has 1 amide bonds. The molecule has 0 radical (unpaired) electrons. The van der Waals surface area contributed by atoms with Crippen molar-refractivity contribution in [3.05, 3.63) is 0 Å². The van der Waals surface area contributed by atoms with E-state index >= 15 is 0 Å². The van der Waals surface area contributed by atoms with Crippen molar-refractivity contribution < 1.29 is 4.79 Å². The number of carbonyl (C=O) groups excluding carboxylic acids is 1. The molecule has 2 saturated heterocycles. The van der Waals surface area contributed by atoms with Crippen LogP contribution in [0.4, 0.5) is 0 Å². The quantitative estimate of drug-likeness (QED) is 0.713.